The first kappa shape index (κ1) is 21.5. The van der Waals surface area contributed by atoms with E-state index in [1.807, 2.05) is 42.5 Å². The molecule has 3 aromatic carbocycles. The first-order valence-corrected chi connectivity index (χ1v) is 11.2. The highest BCUT2D eigenvalue weighted by molar-refractivity contribution is 7.91. The number of ether oxygens (including phenoxy) is 1. The number of nitrogens with one attached hydrogen (secondary N) is 1. The topological polar surface area (TPSA) is 89.5 Å². The maximum Gasteiger partial charge on any atom is 0.328 e. The number of fused-ring (bicyclic) bond motifs is 1. The number of rotatable bonds is 8. The van der Waals surface area contributed by atoms with Crippen molar-refractivity contribution in [3.63, 3.8) is 0 Å². The molecule has 0 spiro atoms. The van der Waals surface area contributed by atoms with Crippen molar-refractivity contribution < 1.29 is 22.7 Å². The molecule has 30 heavy (non-hydrogen) atoms. The molecular weight excluding hydrogens is 402 g/mol. The Bertz CT molecular complexity index is 1140. The second-order valence-electron chi connectivity index (χ2n) is 6.92. The molecule has 3 rings (SSSR count). The van der Waals surface area contributed by atoms with Gasteiger partial charge in [-0.05, 0) is 34.9 Å². The zero-order valence-electron chi connectivity index (χ0n) is 16.6. The number of benzene rings is 3. The molecule has 7 heteroatoms. The normalized spacial score (nSPS) is 12.3. The highest BCUT2D eigenvalue weighted by atomic mass is 32.2. The van der Waals surface area contributed by atoms with Crippen LogP contribution in [0.3, 0.4) is 0 Å². The zero-order valence-corrected chi connectivity index (χ0v) is 17.4. The van der Waals surface area contributed by atoms with E-state index in [4.69, 9.17) is 4.74 Å². The number of carbonyl (C=O) groups excluding carboxylic acids is 2. The molecule has 0 aliphatic rings. The van der Waals surface area contributed by atoms with E-state index >= 15 is 0 Å². The van der Waals surface area contributed by atoms with E-state index < -0.39 is 21.8 Å². The summed E-state index contributed by atoms with van der Waals surface area (Å²) in [5.74, 6) is -1.34. The van der Waals surface area contributed by atoms with Crippen LogP contribution >= 0.6 is 0 Å². The molecule has 0 radical (unpaired) electrons. The Morgan fingerprint density at radius 3 is 2.30 bits per heavy atom. The number of esters is 1. The van der Waals surface area contributed by atoms with Gasteiger partial charge in [0.05, 0.1) is 24.2 Å². The summed E-state index contributed by atoms with van der Waals surface area (Å²) in [7, 11) is -2.37. The Balaban J connectivity index is 1.66. The smallest absolute Gasteiger partial charge is 0.328 e. The summed E-state index contributed by atoms with van der Waals surface area (Å²) >= 11 is 0. The van der Waals surface area contributed by atoms with Crippen molar-refractivity contribution in [2.45, 2.75) is 23.8 Å². The molecule has 1 N–H and O–H groups in total. The first-order chi connectivity index (χ1) is 14.4. The van der Waals surface area contributed by atoms with E-state index in [-0.39, 0.29) is 29.4 Å². The monoisotopic (exact) mass is 425 g/mol. The number of amides is 1. The number of hydrogen-bond acceptors (Lipinski definition) is 5. The Morgan fingerprint density at radius 2 is 1.60 bits per heavy atom. The largest absolute Gasteiger partial charge is 0.467 e. The average Bonchev–Trinajstić information content (AvgIpc) is 2.76. The van der Waals surface area contributed by atoms with Gasteiger partial charge in [-0.1, -0.05) is 60.7 Å². The second-order valence-corrected chi connectivity index (χ2v) is 9.03. The van der Waals surface area contributed by atoms with E-state index in [0.717, 1.165) is 16.3 Å². The van der Waals surface area contributed by atoms with Crippen LogP contribution in [0, 0.1) is 0 Å². The fourth-order valence-electron chi connectivity index (χ4n) is 3.19. The first-order valence-electron chi connectivity index (χ1n) is 9.52. The SMILES string of the molecule is COC(=O)[C@@H](CCS(=O)(=O)c1ccccc1)NC(=O)Cc1ccc2ccccc2c1. The lowest BCUT2D eigenvalue weighted by molar-refractivity contribution is -0.145. The van der Waals surface area contributed by atoms with Crippen LogP contribution in [0.4, 0.5) is 0 Å². The minimum Gasteiger partial charge on any atom is -0.467 e. The van der Waals surface area contributed by atoms with E-state index in [1.165, 1.54) is 19.2 Å². The van der Waals surface area contributed by atoms with E-state index in [1.54, 1.807) is 18.2 Å². The molecule has 0 aromatic heterocycles. The molecule has 3 aromatic rings. The fourth-order valence-corrected chi connectivity index (χ4v) is 4.54. The molecule has 0 fully saturated rings. The quantitative estimate of drug-likeness (QED) is 0.561. The number of methoxy groups -OCH3 is 1. The third kappa shape index (κ3) is 5.45. The molecule has 6 nitrogen and oxygen atoms in total. The molecule has 0 heterocycles. The van der Waals surface area contributed by atoms with Crippen LogP contribution in [0.25, 0.3) is 10.8 Å². The molecule has 1 amide bonds. The predicted molar refractivity (Wildman–Crippen MR) is 115 cm³/mol. The average molecular weight is 426 g/mol. The number of hydrogen-bond donors (Lipinski definition) is 1. The van der Waals surface area contributed by atoms with Crippen LogP contribution in [0.2, 0.25) is 0 Å². The van der Waals surface area contributed by atoms with Gasteiger partial charge < -0.3 is 10.1 Å². The van der Waals surface area contributed by atoms with Crippen LogP contribution in [0.1, 0.15) is 12.0 Å². The Kier molecular flexibility index (Phi) is 6.84. The summed E-state index contributed by atoms with van der Waals surface area (Å²) in [5.41, 5.74) is 0.798. The van der Waals surface area contributed by atoms with Crippen molar-refractivity contribution in [2.24, 2.45) is 0 Å². The maximum absolute atomic E-state index is 12.5. The van der Waals surface area contributed by atoms with Gasteiger partial charge in [0.1, 0.15) is 6.04 Å². The van der Waals surface area contributed by atoms with Crippen LogP contribution in [0.5, 0.6) is 0 Å². The van der Waals surface area contributed by atoms with Crippen molar-refractivity contribution in [2.75, 3.05) is 12.9 Å². The third-order valence-corrected chi connectivity index (χ3v) is 6.54. The molecule has 156 valence electrons. The molecule has 0 unspecified atom stereocenters. The van der Waals surface area contributed by atoms with Crippen LogP contribution < -0.4 is 5.32 Å². The summed E-state index contributed by atoms with van der Waals surface area (Å²) in [6, 6.07) is 20.5. The van der Waals surface area contributed by atoms with Gasteiger partial charge in [-0.15, -0.1) is 0 Å². The summed E-state index contributed by atoms with van der Waals surface area (Å²) < 4.78 is 29.7. The molecule has 0 saturated heterocycles. The molecule has 1 atom stereocenters. The van der Waals surface area contributed by atoms with Crippen molar-refractivity contribution in [3.8, 4) is 0 Å². The summed E-state index contributed by atoms with van der Waals surface area (Å²) in [4.78, 5) is 24.8. The molecule has 0 bridgehead atoms. The van der Waals surface area contributed by atoms with Crippen molar-refractivity contribution in [1.29, 1.82) is 0 Å². The Morgan fingerprint density at radius 1 is 0.933 bits per heavy atom. The van der Waals surface area contributed by atoms with Gasteiger partial charge in [-0.3, -0.25) is 4.79 Å². The molecule has 0 aliphatic carbocycles. The fraction of sp³-hybridized carbons (Fsp3) is 0.217. The highest BCUT2D eigenvalue weighted by Gasteiger charge is 2.25. The summed E-state index contributed by atoms with van der Waals surface area (Å²) in [6.07, 6.45) is -0.00285. The minimum absolute atomic E-state index is 0.0732. The van der Waals surface area contributed by atoms with Crippen LogP contribution in [0.15, 0.2) is 77.7 Å². The lowest BCUT2D eigenvalue weighted by atomic mass is 10.0. The van der Waals surface area contributed by atoms with E-state index in [9.17, 15) is 18.0 Å². The van der Waals surface area contributed by atoms with E-state index in [0.29, 0.717) is 0 Å². The predicted octanol–water partition coefficient (Wildman–Crippen LogP) is 2.90. The lowest BCUT2D eigenvalue weighted by Crippen LogP contribution is -2.43. The highest BCUT2D eigenvalue weighted by Crippen LogP contribution is 2.16. The molecular formula is C23H23NO5S. The van der Waals surface area contributed by atoms with Crippen molar-refractivity contribution >= 4 is 32.5 Å². The second kappa shape index (κ2) is 9.54. The molecule has 0 saturated carbocycles. The van der Waals surface area contributed by atoms with Crippen LogP contribution in [-0.2, 0) is 30.6 Å². The van der Waals surface area contributed by atoms with Gasteiger partial charge in [0.15, 0.2) is 9.84 Å². The molecule has 0 aliphatic heterocycles. The van der Waals surface area contributed by atoms with Gasteiger partial charge in [-0.2, -0.15) is 0 Å². The summed E-state index contributed by atoms with van der Waals surface area (Å²) in [5, 5.41) is 4.70. The number of carbonyl (C=O) groups is 2. The lowest BCUT2D eigenvalue weighted by Gasteiger charge is -2.17. The van der Waals surface area contributed by atoms with Gasteiger partial charge in [0.25, 0.3) is 0 Å². The third-order valence-electron chi connectivity index (χ3n) is 4.78. The Labute approximate surface area is 175 Å². The maximum atomic E-state index is 12.5. The van der Waals surface area contributed by atoms with Crippen LogP contribution in [-0.4, -0.2) is 39.2 Å². The minimum atomic E-state index is -3.58. The van der Waals surface area contributed by atoms with Gasteiger partial charge in [-0.25, -0.2) is 13.2 Å². The van der Waals surface area contributed by atoms with Crippen molar-refractivity contribution in [1.82, 2.24) is 5.32 Å². The van der Waals surface area contributed by atoms with Gasteiger partial charge in [0, 0.05) is 0 Å². The zero-order chi connectivity index (χ0) is 21.6. The van der Waals surface area contributed by atoms with E-state index in [2.05, 4.69) is 5.32 Å². The van der Waals surface area contributed by atoms with Crippen molar-refractivity contribution in [3.05, 3.63) is 78.4 Å². The Hall–Kier alpha value is -3.19. The number of sulfone groups is 1. The van der Waals surface area contributed by atoms with Gasteiger partial charge in [0.2, 0.25) is 5.91 Å². The summed E-state index contributed by atoms with van der Waals surface area (Å²) in [6.45, 7) is 0. The van der Waals surface area contributed by atoms with Gasteiger partial charge >= 0.3 is 5.97 Å². The standard InChI is InChI=1S/C23H23NO5S/c1-29-23(26)21(13-14-30(27,28)20-9-3-2-4-10-20)24-22(25)16-17-11-12-18-7-5-6-8-19(18)15-17/h2-12,15,21H,13-14,16H2,1H3,(H,24,25)/t21-/m1/s1.